The molecule has 3 heteroatoms. The first-order valence-electron chi connectivity index (χ1n) is 5.52. The highest BCUT2D eigenvalue weighted by molar-refractivity contribution is 5.73. The molecule has 0 atom stereocenters. The highest BCUT2D eigenvalue weighted by Crippen LogP contribution is 2.31. The number of benzene rings is 1. The van der Waals surface area contributed by atoms with Gasteiger partial charge in [-0.15, -0.1) is 0 Å². The summed E-state index contributed by atoms with van der Waals surface area (Å²) in [6, 6.07) is 8.63. The molecule has 1 aliphatic rings. The third kappa shape index (κ3) is 2.07. The molecule has 0 unspecified atom stereocenters. The van der Waals surface area contributed by atoms with E-state index >= 15 is 0 Å². The van der Waals surface area contributed by atoms with E-state index in [1.165, 1.54) is 11.4 Å². The summed E-state index contributed by atoms with van der Waals surface area (Å²) in [4.78, 5) is 4.77. The fourth-order valence-electron chi connectivity index (χ4n) is 2.04. The maximum absolute atomic E-state index is 3.20. The molecule has 2 rings (SSSR count). The highest BCUT2D eigenvalue weighted by Gasteiger charge is 2.18. The van der Waals surface area contributed by atoms with Crippen molar-refractivity contribution in [1.29, 1.82) is 0 Å². The largest absolute Gasteiger partial charge is 0.371 e. The Balaban J connectivity index is 2.20. The van der Waals surface area contributed by atoms with Gasteiger partial charge in [0.25, 0.3) is 0 Å². The van der Waals surface area contributed by atoms with Crippen LogP contribution in [0.5, 0.6) is 0 Å². The first-order chi connectivity index (χ1) is 7.33. The third-order valence-electron chi connectivity index (χ3n) is 2.97. The zero-order chi connectivity index (χ0) is 10.7. The van der Waals surface area contributed by atoms with Crippen molar-refractivity contribution >= 4 is 11.4 Å². The predicted molar refractivity (Wildman–Crippen MR) is 65.9 cm³/mol. The van der Waals surface area contributed by atoms with E-state index in [9.17, 15) is 0 Å². The molecule has 1 heterocycles. The van der Waals surface area contributed by atoms with Crippen LogP contribution in [0.25, 0.3) is 0 Å². The average Bonchev–Trinajstić information content (AvgIpc) is 2.29. The van der Waals surface area contributed by atoms with Crippen molar-refractivity contribution in [3.63, 3.8) is 0 Å². The van der Waals surface area contributed by atoms with Crippen molar-refractivity contribution in [2.75, 3.05) is 50.1 Å². The van der Waals surface area contributed by atoms with E-state index in [2.05, 4.69) is 46.4 Å². The molecule has 0 amide bonds. The number of fused-ring (bicyclic) bond motifs is 1. The monoisotopic (exact) mass is 205 g/mol. The standard InChI is InChI=1S/C12H19N3/c1-13-7-8-15-10-9-14(2)11-5-3-4-6-12(11)15/h3-6,13H,7-10H2,1-2H3. The fraction of sp³-hybridized carbons (Fsp3) is 0.500. The van der Waals surface area contributed by atoms with Gasteiger partial charge in [-0.05, 0) is 19.2 Å². The van der Waals surface area contributed by atoms with E-state index in [0.717, 1.165) is 26.2 Å². The van der Waals surface area contributed by atoms with Crippen molar-refractivity contribution in [2.24, 2.45) is 0 Å². The van der Waals surface area contributed by atoms with Crippen LogP contribution in [0.2, 0.25) is 0 Å². The van der Waals surface area contributed by atoms with Gasteiger partial charge in [-0.25, -0.2) is 0 Å². The number of nitrogens with one attached hydrogen (secondary N) is 1. The highest BCUT2D eigenvalue weighted by atomic mass is 15.3. The molecule has 1 aromatic carbocycles. The van der Waals surface area contributed by atoms with Gasteiger partial charge in [-0.1, -0.05) is 12.1 Å². The molecule has 0 aromatic heterocycles. The summed E-state index contributed by atoms with van der Waals surface area (Å²) in [5.41, 5.74) is 2.71. The molecule has 0 spiro atoms. The molecule has 0 saturated carbocycles. The quantitative estimate of drug-likeness (QED) is 0.799. The summed E-state index contributed by atoms with van der Waals surface area (Å²) in [6.45, 7) is 4.36. The molecule has 1 aliphatic heterocycles. The van der Waals surface area contributed by atoms with Crippen LogP contribution >= 0.6 is 0 Å². The van der Waals surface area contributed by atoms with Crippen molar-refractivity contribution < 1.29 is 0 Å². The van der Waals surface area contributed by atoms with Gasteiger partial charge in [0, 0.05) is 33.2 Å². The minimum absolute atomic E-state index is 1.04. The number of hydrogen-bond acceptors (Lipinski definition) is 3. The van der Waals surface area contributed by atoms with Crippen LogP contribution in [-0.4, -0.2) is 40.3 Å². The lowest BCUT2D eigenvalue weighted by Crippen LogP contribution is -2.41. The number of rotatable bonds is 3. The molecule has 0 bridgehead atoms. The number of hydrogen-bond donors (Lipinski definition) is 1. The SMILES string of the molecule is CNCCN1CCN(C)c2ccccc21. The first kappa shape index (κ1) is 10.3. The van der Waals surface area contributed by atoms with Gasteiger partial charge in [0.15, 0.2) is 0 Å². The number of anilines is 2. The molecule has 0 aliphatic carbocycles. The summed E-state index contributed by atoms with van der Waals surface area (Å²) < 4.78 is 0. The Labute approximate surface area is 91.7 Å². The minimum Gasteiger partial charge on any atom is -0.371 e. The van der Waals surface area contributed by atoms with Gasteiger partial charge >= 0.3 is 0 Å². The molecular formula is C12H19N3. The normalized spacial score (nSPS) is 15.3. The Morgan fingerprint density at radius 1 is 1.20 bits per heavy atom. The topological polar surface area (TPSA) is 18.5 Å². The molecule has 0 fully saturated rings. The molecular weight excluding hydrogens is 186 g/mol. The van der Waals surface area contributed by atoms with E-state index < -0.39 is 0 Å². The van der Waals surface area contributed by atoms with Crippen LogP contribution < -0.4 is 15.1 Å². The molecule has 15 heavy (non-hydrogen) atoms. The molecule has 0 saturated heterocycles. The second kappa shape index (κ2) is 4.53. The van der Waals surface area contributed by atoms with Crippen LogP contribution in [-0.2, 0) is 0 Å². The van der Waals surface area contributed by atoms with Gasteiger partial charge in [-0.3, -0.25) is 0 Å². The summed E-state index contributed by atoms with van der Waals surface area (Å²) in [6.07, 6.45) is 0. The lowest BCUT2D eigenvalue weighted by molar-refractivity contribution is 0.694. The van der Waals surface area contributed by atoms with Crippen LogP contribution in [0.15, 0.2) is 24.3 Å². The Morgan fingerprint density at radius 3 is 2.67 bits per heavy atom. The van der Waals surface area contributed by atoms with Crippen molar-refractivity contribution in [3.05, 3.63) is 24.3 Å². The van der Waals surface area contributed by atoms with E-state index in [1.54, 1.807) is 0 Å². The second-order valence-electron chi connectivity index (χ2n) is 4.00. The van der Waals surface area contributed by atoms with Crippen LogP contribution in [0, 0.1) is 0 Å². The Bertz CT molecular complexity index is 324. The van der Waals surface area contributed by atoms with Gasteiger partial charge in [0.05, 0.1) is 11.4 Å². The lowest BCUT2D eigenvalue weighted by Gasteiger charge is -2.37. The van der Waals surface area contributed by atoms with Gasteiger partial charge in [0.1, 0.15) is 0 Å². The van der Waals surface area contributed by atoms with Gasteiger partial charge in [-0.2, -0.15) is 0 Å². The number of nitrogens with zero attached hydrogens (tertiary/aromatic N) is 2. The molecule has 3 nitrogen and oxygen atoms in total. The second-order valence-corrected chi connectivity index (χ2v) is 4.00. The third-order valence-corrected chi connectivity index (χ3v) is 2.97. The maximum Gasteiger partial charge on any atom is 0.0605 e. The van der Waals surface area contributed by atoms with Crippen molar-refractivity contribution in [3.8, 4) is 0 Å². The Kier molecular flexibility index (Phi) is 3.11. The van der Waals surface area contributed by atoms with Crippen molar-refractivity contribution in [1.82, 2.24) is 5.32 Å². The summed E-state index contributed by atoms with van der Waals surface area (Å²) in [7, 11) is 4.16. The van der Waals surface area contributed by atoms with E-state index in [0.29, 0.717) is 0 Å². The first-order valence-corrected chi connectivity index (χ1v) is 5.52. The molecule has 82 valence electrons. The van der Waals surface area contributed by atoms with E-state index in [1.807, 2.05) is 7.05 Å². The maximum atomic E-state index is 3.20. The summed E-state index contributed by atoms with van der Waals surface area (Å²) >= 11 is 0. The van der Waals surface area contributed by atoms with E-state index in [-0.39, 0.29) is 0 Å². The van der Waals surface area contributed by atoms with Gasteiger partial charge in [0.2, 0.25) is 0 Å². The van der Waals surface area contributed by atoms with E-state index in [4.69, 9.17) is 0 Å². The summed E-state index contributed by atoms with van der Waals surface area (Å²) in [5.74, 6) is 0. The predicted octanol–water partition coefficient (Wildman–Crippen LogP) is 1.16. The zero-order valence-electron chi connectivity index (χ0n) is 9.53. The van der Waals surface area contributed by atoms with Gasteiger partial charge < -0.3 is 15.1 Å². The average molecular weight is 205 g/mol. The smallest absolute Gasteiger partial charge is 0.0605 e. The number of para-hydroxylation sites is 2. The van der Waals surface area contributed by atoms with Crippen LogP contribution in [0.4, 0.5) is 11.4 Å². The fourth-order valence-corrected chi connectivity index (χ4v) is 2.04. The van der Waals surface area contributed by atoms with Crippen LogP contribution in [0.1, 0.15) is 0 Å². The lowest BCUT2D eigenvalue weighted by atomic mass is 10.2. The zero-order valence-corrected chi connectivity index (χ0v) is 9.53. The summed E-state index contributed by atoms with van der Waals surface area (Å²) in [5, 5.41) is 3.20. The molecule has 0 radical (unpaired) electrons. The Morgan fingerprint density at radius 2 is 1.93 bits per heavy atom. The molecule has 1 N–H and O–H groups in total. The molecule has 1 aromatic rings. The van der Waals surface area contributed by atoms with Crippen molar-refractivity contribution in [2.45, 2.75) is 0 Å². The van der Waals surface area contributed by atoms with Crippen LogP contribution in [0.3, 0.4) is 0 Å². The Hall–Kier alpha value is -1.22. The number of likely N-dealkylation sites (N-methyl/N-ethyl adjacent to an activating group) is 2. The minimum atomic E-state index is 1.04.